The number of fused-ring (bicyclic) bond motifs is 3. The van der Waals surface area contributed by atoms with E-state index in [1.165, 1.54) is 23.1 Å². The predicted molar refractivity (Wildman–Crippen MR) is 113 cm³/mol. The van der Waals surface area contributed by atoms with Crippen LogP contribution in [0.3, 0.4) is 0 Å². The molecule has 2 nitrogen and oxygen atoms in total. The summed E-state index contributed by atoms with van der Waals surface area (Å²) in [6, 6.07) is 8.45. The molecule has 2 aliphatic heterocycles. The van der Waals surface area contributed by atoms with Crippen molar-refractivity contribution < 1.29 is 9.47 Å². The first-order chi connectivity index (χ1) is 12.9. The topological polar surface area (TPSA) is 18.5 Å². The van der Waals surface area contributed by atoms with E-state index in [9.17, 15) is 0 Å². The molecule has 0 saturated carbocycles. The quantitative estimate of drug-likeness (QED) is 0.496. The van der Waals surface area contributed by atoms with Crippen molar-refractivity contribution in [1.82, 2.24) is 0 Å². The predicted octanol–water partition coefficient (Wildman–Crippen LogP) is 7.17. The average molecular weight is 369 g/mol. The van der Waals surface area contributed by atoms with Crippen LogP contribution in [0.4, 0.5) is 0 Å². The van der Waals surface area contributed by atoms with Gasteiger partial charge in [-0.15, -0.1) is 0 Å². The molecule has 27 heavy (non-hydrogen) atoms. The number of para-hydroxylation sites is 1. The Labute approximate surface area is 165 Å². The summed E-state index contributed by atoms with van der Waals surface area (Å²) in [5.41, 5.74) is 3.97. The van der Waals surface area contributed by atoms with E-state index in [0.29, 0.717) is 12.0 Å². The van der Waals surface area contributed by atoms with E-state index in [0.717, 1.165) is 37.9 Å². The smallest absolute Gasteiger partial charge is 0.125 e. The van der Waals surface area contributed by atoms with E-state index in [4.69, 9.17) is 9.47 Å². The summed E-state index contributed by atoms with van der Waals surface area (Å²) in [6.07, 6.45) is 11.9. The summed E-state index contributed by atoms with van der Waals surface area (Å²) >= 11 is 0. The Morgan fingerprint density at radius 2 is 1.89 bits per heavy atom. The van der Waals surface area contributed by atoms with Crippen LogP contribution in [0.1, 0.15) is 84.8 Å². The lowest BCUT2D eigenvalue weighted by atomic mass is 9.72. The summed E-state index contributed by atoms with van der Waals surface area (Å²) in [4.78, 5) is 0. The molecule has 2 heteroatoms. The van der Waals surface area contributed by atoms with Crippen molar-refractivity contribution in [1.29, 1.82) is 0 Å². The first-order valence-corrected chi connectivity index (χ1v) is 10.6. The Hall–Kier alpha value is -1.54. The zero-order chi connectivity index (χ0) is 19.4. The molecule has 1 saturated heterocycles. The molecule has 0 N–H and O–H groups in total. The second kappa shape index (κ2) is 8.65. The Kier molecular flexibility index (Phi) is 6.47. The van der Waals surface area contributed by atoms with Crippen molar-refractivity contribution in [3.05, 3.63) is 53.1 Å². The maximum absolute atomic E-state index is 6.60. The van der Waals surface area contributed by atoms with Gasteiger partial charge >= 0.3 is 0 Å². The molecule has 1 aromatic carbocycles. The number of allylic oxidation sites excluding steroid dienone is 4. The van der Waals surface area contributed by atoms with E-state index in [1.807, 2.05) is 0 Å². The van der Waals surface area contributed by atoms with Crippen molar-refractivity contribution in [2.24, 2.45) is 5.92 Å². The number of rotatable bonds is 6. The molecule has 4 unspecified atom stereocenters. The molecule has 2 aliphatic rings. The fourth-order valence-corrected chi connectivity index (χ4v) is 4.56. The van der Waals surface area contributed by atoms with Crippen LogP contribution >= 0.6 is 0 Å². The molecule has 0 aliphatic carbocycles. The highest BCUT2D eigenvalue weighted by Gasteiger charge is 2.48. The van der Waals surface area contributed by atoms with E-state index < -0.39 is 0 Å². The molecule has 4 atom stereocenters. The highest BCUT2D eigenvalue weighted by molar-refractivity contribution is 5.39. The monoisotopic (exact) mass is 368 g/mol. The maximum atomic E-state index is 6.60. The third kappa shape index (κ3) is 4.85. The van der Waals surface area contributed by atoms with Gasteiger partial charge in [-0.25, -0.2) is 0 Å². The van der Waals surface area contributed by atoms with Gasteiger partial charge in [0.25, 0.3) is 0 Å². The van der Waals surface area contributed by atoms with E-state index in [1.54, 1.807) is 0 Å². The lowest BCUT2D eigenvalue weighted by Gasteiger charge is -2.50. The third-order valence-electron chi connectivity index (χ3n) is 6.21. The van der Waals surface area contributed by atoms with Crippen molar-refractivity contribution in [3.63, 3.8) is 0 Å². The number of benzene rings is 1. The van der Waals surface area contributed by atoms with Crippen LogP contribution in [0.5, 0.6) is 5.75 Å². The fraction of sp³-hybridized carbons (Fsp3) is 0.600. The van der Waals surface area contributed by atoms with Crippen LogP contribution in [0, 0.1) is 5.92 Å². The van der Waals surface area contributed by atoms with Crippen LogP contribution in [0.25, 0.3) is 0 Å². The fourth-order valence-electron chi connectivity index (χ4n) is 4.56. The lowest BCUT2D eigenvalue weighted by molar-refractivity contribution is -0.152. The van der Waals surface area contributed by atoms with E-state index >= 15 is 0 Å². The van der Waals surface area contributed by atoms with Gasteiger partial charge in [0.05, 0.1) is 12.2 Å². The number of ether oxygens (including phenoxy) is 2. The maximum Gasteiger partial charge on any atom is 0.125 e. The molecule has 2 heterocycles. The van der Waals surface area contributed by atoms with Crippen molar-refractivity contribution in [2.75, 3.05) is 0 Å². The van der Waals surface area contributed by atoms with Crippen molar-refractivity contribution >= 4 is 0 Å². The Morgan fingerprint density at radius 3 is 2.67 bits per heavy atom. The van der Waals surface area contributed by atoms with Crippen LogP contribution in [0.15, 0.2) is 47.6 Å². The lowest BCUT2D eigenvalue weighted by Crippen LogP contribution is -2.50. The molecule has 0 bridgehead atoms. The summed E-state index contributed by atoms with van der Waals surface area (Å²) in [7, 11) is 0. The summed E-state index contributed by atoms with van der Waals surface area (Å²) in [5.74, 6) is 1.45. The van der Waals surface area contributed by atoms with Crippen molar-refractivity contribution in [3.8, 4) is 5.75 Å². The Balaban J connectivity index is 1.70. The molecule has 0 radical (unpaired) electrons. The van der Waals surface area contributed by atoms with E-state index in [-0.39, 0.29) is 11.7 Å². The van der Waals surface area contributed by atoms with Gasteiger partial charge in [-0.1, -0.05) is 41.5 Å². The van der Waals surface area contributed by atoms with Gasteiger partial charge in [0.15, 0.2) is 0 Å². The second-order valence-corrected chi connectivity index (χ2v) is 8.91. The molecule has 148 valence electrons. The van der Waals surface area contributed by atoms with Gasteiger partial charge in [0.1, 0.15) is 11.4 Å². The van der Waals surface area contributed by atoms with Crippen LogP contribution in [0.2, 0.25) is 0 Å². The highest BCUT2D eigenvalue weighted by atomic mass is 16.5. The summed E-state index contributed by atoms with van der Waals surface area (Å²) < 4.78 is 13.0. The zero-order valence-electron chi connectivity index (χ0n) is 17.8. The van der Waals surface area contributed by atoms with Gasteiger partial charge < -0.3 is 9.47 Å². The first kappa shape index (κ1) is 20.2. The molecule has 1 fully saturated rings. The minimum atomic E-state index is -0.157. The number of hydrogen-bond donors (Lipinski definition) is 0. The minimum Gasteiger partial charge on any atom is -0.487 e. The normalized spacial score (nSPS) is 30.1. The molecule has 1 aromatic rings. The Morgan fingerprint density at radius 1 is 1.11 bits per heavy atom. The standard InChI is InChI=1S/C25H36O2/c1-18(2)10-8-11-19(3)12-9-17-25(5)22-16-15-20(4)26-24(22)21-13-6-7-14-23(21)27-25/h6-7,10,12-14,20,22,24H,8-9,11,15-17H2,1-5H3/b19-12+. The third-order valence-corrected chi connectivity index (χ3v) is 6.21. The first-order valence-electron chi connectivity index (χ1n) is 10.6. The Bertz CT molecular complexity index is 698. The molecule has 0 aromatic heterocycles. The number of hydrogen-bond acceptors (Lipinski definition) is 2. The largest absolute Gasteiger partial charge is 0.487 e. The summed E-state index contributed by atoms with van der Waals surface area (Å²) in [5, 5.41) is 0. The van der Waals surface area contributed by atoms with Gasteiger partial charge in [-0.2, -0.15) is 0 Å². The molecule has 0 amide bonds. The second-order valence-electron chi connectivity index (χ2n) is 8.91. The van der Waals surface area contributed by atoms with Gasteiger partial charge in [-0.05, 0) is 79.2 Å². The van der Waals surface area contributed by atoms with Crippen LogP contribution in [-0.4, -0.2) is 11.7 Å². The highest BCUT2D eigenvalue weighted by Crippen LogP contribution is 2.51. The van der Waals surface area contributed by atoms with Gasteiger partial charge in [0, 0.05) is 11.5 Å². The zero-order valence-corrected chi connectivity index (χ0v) is 17.8. The van der Waals surface area contributed by atoms with Crippen molar-refractivity contribution in [2.45, 2.75) is 91.0 Å². The van der Waals surface area contributed by atoms with Gasteiger partial charge in [0.2, 0.25) is 0 Å². The molecular weight excluding hydrogens is 332 g/mol. The minimum absolute atomic E-state index is 0.157. The van der Waals surface area contributed by atoms with Crippen LogP contribution in [-0.2, 0) is 4.74 Å². The SMILES string of the molecule is CC(C)=CCC/C(C)=C/CCC1(C)Oc2ccccc2C2OC(C)CCC21. The van der Waals surface area contributed by atoms with Crippen LogP contribution < -0.4 is 4.74 Å². The average Bonchev–Trinajstić information content (AvgIpc) is 2.61. The molecule has 3 rings (SSSR count). The van der Waals surface area contributed by atoms with E-state index in [2.05, 4.69) is 71.0 Å². The summed E-state index contributed by atoms with van der Waals surface area (Å²) in [6.45, 7) is 11.1. The molecular formula is C25H36O2. The molecule has 0 spiro atoms. The van der Waals surface area contributed by atoms with Gasteiger partial charge in [-0.3, -0.25) is 0 Å².